The molecule has 3 nitrogen and oxygen atoms in total. The molecule has 0 saturated carbocycles. The third-order valence-corrected chi connectivity index (χ3v) is 2.30. The summed E-state index contributed by atoms with van der Waals surface area (Å²) < 4.78 is 1.61. The van der Waals surface area contributed by atoms with Crippen LogP contribution >= 0.6 is 11.3 Å². The molecule has 0 bridgehead atoms. The molecule has 0 unspecified atom stereocenters. The van der Waals surface area contributed by atoms with E-state index in [1.54, 1.807) is 30.0 Å². The quantitative estimate of drug-likeness (QED) is 0.769. The van der Waals surface area contributed by atoms with E-state index in [1.165, 1.54) is 11.3 Å². The molecule has 1 rings (SSSR count). The Morgan fingerprint density at radius 3 is 2.75 bits per heavy atom. The molecule has 1 aromatic heterocycles. The zero-order valence-electron chi connectivity index (χ0n) is 7.28. The van der Waals surface area contributed by atoms with E-state index < -0.39 is 5.60 Å². The fourth-order valence-corrected chi connectivity index (χ4v) is 1.46. The minimum Gasteiger partial charge on any atom is -0.390 e. The molecule has 0 aromatic carbocycles. The number of hydrogen-bond donors (Lipinski definition) is 1. The first-order valence-corrected chi connectivity index (χ1v) is 4.73. The van der Waals surface area contributed by atoms with Crippen molar-refractivity contribution in [1.82, 2.24) is 4.57 Å². The molecule has 0 fully saturated rings. The van der Waals surface area contributed by atoms with Gasteiger partial charge in [-0.1, -0.05) is 11.3 Å². The van der Waals surface area contributed by atoms with Crippen LogP contribution in [-0.2, 0) is 6.54 Å². The molecule has 0 spiro atoms. The zero-order chi connectivity index (χ0) is 9.19. The summed E-state index contributed by atoms with van der Waals surface area (Å²) in [5.41, 5.74) is -0.693. The first-order chi connectivity index (χ1) is 5.49. The van der Waals surface area contributed by atoms with E-state index in [4.69, 9.17) is 0 Å². The van der Waals surface area contributed by atoms with Gasteiger partial charge in [-0.05, 0) is 20.3 Å². The van der Waals surface area contributed by atoms with Crippen LogP contribution in [0.3, 0.4) is 0 Å². The SMILES string of the molecule is CC(C)(O)CCn1ccsc1=O. The number of aryl methyl sites for hydroxylation is 1. The minimum absolute atomic E-state index is 0.0410. The Balaban J connectivity index is 2.55. The van der Waals surface area contributed by atoms with Gasteiger partial charge in [0.25, 0.3) is 0 Å². The topological polar surface area (TPSA) is 42.2 Å². The number of hydrogen-bond acceptors (Lipinski definition) is 3. The van der Waals surface area contributed by atoms with Crippen LogP contribution in [0, 0.1) is 0 Å². The fraction of sp³-hybridized carbons (Fsp3) is 0.625. The Morgan fingerprint density at radius 1 is 1.67 bits per heavy atom. The third kappa shape index (κ3) is 2.79. The van der Waals surface area contributed by atoms with E-state index in [9.17, 15) is 9.90 Å². The monoisotopic (exact) mass is 187 g/mol. The van der Waals surface area contributed by atoms with Crippen molar-refractivity contribution < 1.29 is 5.11 Å². The molecule has 0 aliphatic rings. The van der Waals surface area contributed by atoms with E-state index in [0.29, 0.717) is 13.0 Å². The Hall–Kier alpha value is -0.610. The summed E-state index contributed by atoms with van der Waals surface area (Å²) in [6.07, 6.45) is 2.35. The first kappa shape index (κ1) is 9.48. The zero-order valence-corrected chi connectivity index (χ0v) is 8.10. The maximum atomic E-state index is 11.0. The number of nitrogens with zero attached hydrogens (tertiary/aromatic N) is 1. The average molecular weight is 187 g/mol. The van der Waals surface area contributed by atoms with Gasteiger partial charge in [0.2, 0.25) is 0 Å². The third-order valence-electron chi connectivity index (χ3n) is 1.61. The van der Waals surface area contributed by atoms with Crippen molar-refractivity contribution >= 4 is 11.3 Å². The molecule has 1 N–H and O–H groups in total. The van der Waals surface area contributed by atoms with Gasteiger partial charge in [0.05, 0.1) is 5.60 Å². The summed E-state index contributed by atoms with van der Waals surface area (Å²) in [4.78, 5) is 11.1. The van der Waals surface area contributed by atoms with Crippen molar-refractivity contribution in [2.24, 2.45) is 0 Å². The molecule has 4 heteroatoms. The Bertz CT molecular complexity index is 294. The van der Waals surface area contributed by atoms with Gasteiger partial charge in [0, 0.05) is 18.1 Å². The number of aliphatic hydroxyl groups is 1. The van der Waals surface area contributed by atoms with Gasteiger partial charge in [-0.25, -0.2) is 0 Å². The molecule has 0 amide bonds. The van der Waals surface area contributed by atoms with Gasteiger partial charge in [0.15, 0.2) is 0 Å². The van der Waals surface area contributed by atoms with Crippen molar-refractivity contribution in [3.05, 3.63) is 21.2 Å². The van der Waals surface area contributed by atoms with Crippen LogP contribution in [0.15, 0.2) is 16.4 Å². The van der Waals surface area contributed by atoms with Crippen molar-refractivity contribution in [3.63, 3.8) is 0 Å². The van der Waals surface area contributed by atoms with Gasteiger partial charge in [0.1, 0.15) is 0 Å². The van der Waals surface area contributed by atoms with E-state index >= 15 is 0 Å². The van der Waals surface area contributed by atoms with E-state index in [-0.39, 0.29) is 4.87 Å². The molecule has 1 heterocycles. The Kier molecular flexibility index (Phi) is 2.69. The van der Waals surface area contributed by atoms with Crippen LogP contribution in [0.5, 0.6) is 0 Å². The van der Waals surface area contributed by atoms with Crippen molar-refractivity contribution in [1.29, 1.82) is 0 Å². The summed E-state index contributed by atoms with van der Waals surface area (Å²) in [5, 5.41) is 11.2. The summed E-state index contributed by atoms with van der Waals surface area (Å²) in [7, 11) is 0. The summed E-state index contributed by atoms with van der Waals surface area (Å²) in [5.74, 6) is 0. The van der Waals surface area contributed by atoms with Gasteiger partial charge in [-0.2, -0.15) is 0 Å². The number of aromatic nitrogens is 1. The second kappa shape index (κ2) is 3.41. The normalized spacial score (nSPS) is 11.9. The molecule has 68 valence electrons. The highest BCUT2D eigenvalue weighted by atomic mass is 32.1. The highest BCUT2D eigenvalue weighted by Gasteiger charge is 2.12. The van der Waals surface area contributed by atoms with Gasteiger partial charge in [-0.3, -0.25) is 4.79 Å². The lowest BCUT2D eigenvalue weighted by Crippen LogP contribution is -2.23. The molecule has 1 aromatic rings. The number of rotatable bonds is 3. The molecule has 12 heavy (non-hydrogen) atoms. The minimum atomic E-state index is -0.693. The van der Waals surface area contributed by atoms with Gasteiger partial charge in [-0.15, -0.1) is 0 Å². The lowest BCUT2D eigenvalue weighted by molar-refractivity contribution is 0.0660. The maximum absolute atomic E-state index is 11.0. The molecule has 0 aliphatic carbocycles. The smallest absolute Gasteiger partial charge is 0.307 e. The lowest BCUT2D eigenvalue weighted by atomic mass is 10.1. The van der Waals surface area contributed by atoms with E-state index in [2.05, 4.69) is 0 Å². The van der Waals surface area contributed by atoms with Crippen LogP contribution in [0.2, 0.25) is 0 Å². The van der Waals surface area contributed by atoms with Crippen molar-refractivity contribution in [2.45, 2.75) is 32.4 Å². The van der Waals surface area contributed by atoms with Crippen LogP contribution in [0.4, 0.5) is 0 Å². The largest absolute Gasteiger partial charge is 0.390 e. The molecular formula is C8H13NO2S. The summed E-state index contributed by atoms with van der Waals surface area (Å²) in [6, 6.07) is 0. The Morgan fingerprint density at radius 2 is 2.33 bits per heavy atom. The van der Waals surface area contributed by atoms with E-state index in [1.807, 2.05) is 0 Å². The van der Waals surface area contributed by atoms with Crippen LogP contribution < -0.4 is 4.87 Å². The second-order valence-corrected chi connectivity index (χ2v) is 4.28. The standard InChI is InChI=1S/C8H13NO2S/c1-8(2,11)3-4-9-5-6-12-7(9)10/h5-6,11H,3-4H2,1-2H3. The highest BCUT2D eigenvalue weighted by molar-refractivity contribution is 7.07. The molecule has 0 atom stereocenters. The highest BCUT2D eigenvalue weighted by Crippen LogP contribution is 2.08. The Labute approximate surface area is 75.3 Å². The predicted molar refractivity (Wildman–Crippen MR) is 49.5 cm³/mol. The molecule has 0 aliphatic heterocycles. The van der Waals surface area contributed by atoms with Crippen molar-refractivity contribution in [3.8, 4) is 0 Å². The predicted octanol–water partition coefficient (Wildman–Crippen LogP) is 1.07. The summed E-state index contributed by atoms with van der Waals surface area (Å²) in [6.45, 7) is 4.07. The summed E-state index contributed by atoms with van der Waals surface area (Å²) >= 11 is 1.18. The van der Waals surface area contributed by atoms with Crippen LogP contribution in [0.1, 0.15) is 20.3 Å². The first-order valence-electron chi connectivity index (χ1n) is 3.85. The van der Waals surface area contributed by atoms with Gasteiger partial charge >= 0.3 is 4.87 Å². The van der Waals surface area contributed by atoms with Crippen molar-refractivity contribution in [2.75, 3.05) is 0 Å². The fourth-order valence-electron chi connectivity index (χ4n) is 0.851. The maximum Gasteiger partial charge on any atom is 0.307 e. The molecule has 0 saturated heterocycles. The second-order valence-electron chi connectivity index (χ2n) is 3.42. The lowest BCUT2D eigenvalue weighted by Gasteiger charge is -2.16. The van der Waals surface area contributed by atoms with Crippen LogP contribution in [0.25, 0.3) is 0 Å². The molecular weight excluding hydrogens is 174 g/mol. The number of thiazole rings is 1. The van der Waals surface area contributed by atoms with Crippen LogP contribution in [-0.4, -0.2) is 15.3 Å². The van der Waals surface area contributed by atoms with E-state index in [0.717, 1.165) is 0 Å². The van der Waals surface area contributed by atoms with Gasteiger partial charge < -0.3 is 9.67 Å². The average Bonchev–Trinajstić information content (AvgIpc) is 2.29. The molecule has 0 radical (unpaired) electrons.